The van der Waals surface area contributed by atoms with Gasteiger partial charge in [0.05, 0.1) is 31.1 Å². The summed E-state index contributed by atoms with van der Waals surface area (Å²) in [6.07, 6.45) is 3.92. The van der Waals surface area contributed by atoms with Crippen molar-refractivity contribution >= 4 is 15.9 Å². The van der Waals surface area contributed by atoms with Crippen LogP contribution < -0.4 is 14.8 Å². The van der Waals surface area contributed by atoms with Crippen molar-refractivity contribution in [2.75, 3.05) is 27.3 Å². The van der Waals surface area contributed by atoms with Gasteiger partial charge in [0.1, 0.15) is 0 Å². The number of hydrogen-bond acceptors (Lipinski definition) is 6. The van der Waals surface area contributed by atoms with E-state index in [0.29, 0.717) is 43.7 Å². The normalized spacial score (nSPS) is 26.0. The minimum absolute atomic E-state index is 0.0590. The molecule has 2 aliphatic rings. The second kappa shape index (κ2) is 9.32. The van der Waals surface area contributed by atoms with Gasteiger partial charge in [0, 0.05) is 25.2 Å². The van der Waals surface area contributed by atoms with Gasteiger partial charge in [-0.3, -0.25) is 4.79 Å². The smallest absolute Gasteiger partial charge is 0.243 e. The molecule has 1 saturated carbocycles. The molecule has 9 heteroatoms. The van der Waals surface area contributed by atoms with Crippen LogP contribution in [0.2, 0.25) is 0 Å². The van der Waals surface area contributed by atoms with Crippen molar-refractivity contribution < 1.29 is 27.8 Å². The molecule has 0 aromatic heterocycles. The molecule has 8 nitrogen and oxygen atoms in total. The van der Waals surface area contributed by atoms with Gasteiger partial charge in [-0.25, -0.2) is 8.42 Å². The van der Waals surface area contributed by atoms with Crippen molar-refractivity contribution in [1.29, 1.82) is 0 Å². The van der Waals surface area contributed by atoms with E-state index >= 15 is 0 Å². The van der Waals surface area contributed by atoms with Crippen LogP contribution in [0.1, 0.15) is 38.5 Å². The minimum Gasteiger partial charge on any atom is -0.493 e. The topological polar surface area (TPSA) is 105 Å². The molecule has 162 valence electrons. The average molecular weight is 427 g/mol. The summed E-state index contributed by atoms with van der Waals surface area (Å²) in [5, 5.41) is 12.7. The first-order valence-corrected chi connectivity index (χ1v) is 11.5. The van der Waals surface area contributed by atoms with Gasteiger partial charge in [-0.05, 0) is 50.7 Å². The SMILES string of the molecule is COc1ccc(S(=O)(=O)N2CCC[C@H](C(=O)NC3CCC(O)CC3)C2)cc1OC. The first-order valence-electron chi connectivity index (χ1n) is 10.1. The van der Waals surface area contributed by atoms with Crippen LogP contribution in [-0.4, -0.2) is 63.2 Å². The highest BCUT2D eigenvalue weighted by Crippen LogP contribution is 2.32. The number of sulfonamides is 1. The number of carbonyl (C=O) groups excluding carboxylic acids is 1. The fourth-order valence-corrected chi connectivity index (χ4v) is 5.58. The van der Waals surface area contributed by atoms with Crippen molar-refractivity contribution in [1.82, 2.24) is 9.62 Å². The zero-order valence-corrected chi connectivity index (χ0v) is 17.8. The lowest BCUT2D eigenvalue weighted by Crippen LogP contribution is -2.48. The van der Waals surface area contributed by atoms with Gasteiger partial charge in [-0.15, -0.1) is 0 Å². The van der Waals surface area contributed by atoms with Gasteiger partial charge in [-0.1, -0.05) is 0 Å². The number of aliphatic hydroxyl groups is 1. The molecule has 1 aromatic rings. The van der Waals surface area contributed by atoms with Gasteiger partial charge in [0.2, 0.25) is 15.9 Å². The third-order valence-corrected chi connectivity index (χ3v) is 7.65. The maximum absolute atomic E-state index is 13.1. The molecule has 0 bridgehead atoms. The van der Waals surface area contributed by atoms with Crippen LogP contribution >= 0.6 is 0 Å². The highest BCUT2D eigenvalue weighted by Gasteiger charge is 2.34. The third-order valence-electron chi connectivity index (χ3n) is 5.79. The summed E-state index contributed by atoms with van der Waals surface area (Å²) >= 11 is 0. The average Bonchev–Trinajstić information content (AvgIpc) is 2.74. The zero-order chi connectivity index (χ0) is 21.0. The Bertz CT molecular complexity index is 820. The summed E-state index contributed by atoms with van der Waals surface area (Å²) in [6.45, 7) is 0.550. The predicted molar refractivity (Wildman–Crippen MR) is 107 cm³/mol. The molecule has 0 spiro atoms. The van der Waals surface area contributed by atoms with Crippen molar-refractivity contribution in [2.24, 2.45) is 5.92 Å². The second-order valence-electron chi connectivity index (χ2n) is 7.73. The lowest BCUT2D eigenvalue weighted by molar-refractivity contribution is -0.127. The molecule has 3 rings (SSSR count). The van der Waals surface area contributed by atoms with Crippen molar-refractivity contribution in [2.45, 2.75) is 55.6 Å². The Hall–Kier alpha value is -1.84. The monoisotopic (exact) mass is 426 g/mol. The number of amides is 1. The summed E-state index contributed by atoms with van der Waals surface area (Å²) in [6, 6.07) is 4.57. The van der Waals surface area contributed by atoms with Crippen molar-refractivity contribution in [3.8, 4) is 11.5 Å². The number of aliphatic hydroxyl groups excluding tert-OH is 1. The number of benzene rings is 1. The van der Waals surface area contributed by atoms with Gasteiger partial charge < -0.3 is 19.9 Å². The summed E-state index contributed by atoms with van der Waals surface area (Å²) in [4.78, 5) is 12.8. The van der Waals surface area contributed by atoms with Crippen molar-refractivity contribution in [3.05, 3.63) is 18.2 Å². The van der Waals surface area contributed by atoms with E-state index in [9.17, 15) is 18.3 Å². The number of hydrogen-bond donors (Lipinski definition) is 2. The molecule has 2 fully saturated rings. The van der Waals surface area contributed by atoms with E-state index < -0.39 is 10.0 Å². The van der Waals surface area contributed by atoms with Gasteiger partial charge >= 0.3 is 0 Å². The molecule has 1 aliphatic heterocycles. The van der Waals surface area contributed by atoms with Gasteiger partial charge in [0.25, 0.3) is 0 Å². The molecular formula is C20H30N2O6S. The number of nitrogens with zero attached hydrogens (tertiary/aromatic N) is 1. The van der Waals surface area contributed by atoms with Crippen LogP contribution in [-0.2, 0) is 14.8 Å². The van der Waals surface area contributed by atoms with E-state index in [4.69, 9.17) is 9.47 Å². The van der Waals surface area contributed by atoms with Crippen LogP contribution in [0.25, 0.3) is 0 Å². The van der Waals surface area contributed by atoms with Crippen LogP contribution in [0.3, 0.4) is 0 Å². The molecule has 1 atom stereocenters. The molecule has 0 radical (unpaired) electrons. The van der Waals surface area contributed by atoms with E-state index in [2.05, 4.69) is 5.32 Å². The Morgan fingerprint density at radius 3 is 2.45 bits per heavy atom. The number of piperidine rings is 1. The summed E-state index contributed by atoms with van der Waals surface area (Å²) in [5.74, 6) is 0.337. The first kappa shape index (κ1) is 21.9. The second-order valence-corrected chi connectivity index (χ2v) is 9.67. The highest BCUT2D eigenvalue weighted by molar-refractivity contribution is 7.89. The molecule has 2 N–H and O–H groups in total. The van der Waals surface area contributed by atoms with Crippen molar-refractivity contribution in [3.63, 3.8) is 0 Å². The Labute approximate surface area is 172 Å². The van der Waals surface area contributed by atoms with Gasteiger partial charge in [-0.2, -0.15) is 4.31 Å². The van der Waals surface area contributed by atoms with E-state index in [1.54, 1.807) is 6.07 Å². The van der Waals surface area contributed by atoms with Crippen LogP contribution in [0.15, 0.2) is 23.1 Å². The van der Waals surface area contributed by atoms with Crippen LogP contribution in [0, 0.1) is 5.92 Å². The number of ether oxygens (including phenoxy) is 2. The molecule has 1 amide bonds. The Balaban J connectivity index is 1.68. The van der Waals surface area contributed by atoms with Gasteiger partial charge in [0.15, 0.2) is 11.5 Å². The lowest BCUT2D eigenvalue weighted by atomic mass is 9.92. The molecule has 1 heterocycles. The minimum atomic E-state index is -3.74. The van der Waals surface area contributed by atoms with Crippen LogP contribution in [0.4, 0.5) is 0 Å². The highest BCUT2D eigenvalue weighted by atomic mass is 32.2. The molecule has 1 aliphatic carbocycles. The summed E-state index contributed by atoms with van der Waals surface area (Å²) in [5.41, 5.74) is 0. The Kier molecular flexibility index (Phi) is 7.02. The number of rotatable bonds is 6. The van der Waals surface area contributed by atoms with E-state index in [0.717, 1.165) is 12.8 Å². The maximum atomic E-state index is 13.1. The Morgan fingerprint density at radius 2 is 1.79 bits per heavy atom. The first-order chi connectivity index (χ1) is 13.8. The molecule has 1 aromatic carbocycles. The zero-order valence-electron chi connectivity index (χ0n) is 17.0. The molecule has 1 saturated heterocycles. The van der Waals surface area contributed by atoms with Crippen LogP contribution in [0.5, 0.6) is 11.5 Å². The van der Waals surface area contributed by atoms with E-state index in [-0.39, 0.29) is 35.4 Å². The quantitative estimate of drug-likeness (QED) is 0.715. The molecular weight excluding hydrogens is 396 g/mol. The fraction of sp³-hybridized carbons (Fsp3) is 0.650. The summed E-state index contributed by atoms with van der Waals surface area (Å²) < 4.78 is 38.0. The largest absolute Gasteiger partial charge is 0.493 e. The summed E-state index contributed by atoms with van der Waals surface area (Å²) in [7, 11) is -0.791. The number of nitrogens with one attached hydrogen (secondary N) is 1. The number of methoxy groups -OCH3 is 2. The maximum Gasteiger partial charge on any atom is 0.243 e. The third kappa shape index (κ3) is 5.02. The van der Waals surface area contributed by atoms with E-state index in [1.165, 1.54) is 30.7 Å². The lowest BCUT2D eigenvalue weighted by Gasteiger charge is -2.33. The van der Waals surface area contributed by atoms with E-state index in [1.807, 2.05) is 0 Å². The Morgan fingerprint density at radius 1 is 1.10 bits per heavy atom. The standard InChI is InChI=1S/C20H30N2O6S/c1-27-18-10-9-17(12-19(18)28-2)29(25,26)22-11-3-4-14(13-22)20(24)21-15-5-7-16(23)8-6-15/h9-10,12,14-16,23H,3-8,11,13H2,1-2H3,(H,21,24)/t14-,15?,16?/m0/s1. The molecule has 0 unspecified atom stereocenters. The predicted octanol–water partition coefficient (Wildman–Crippen LogP) is 1.52. The fourth-order valence-electron chi connectivity index (χ4n) is 4.04. The molecule has 29 heavy (non-hydrogen) atoms. The number of carbonyl (C=O) groups is 1.